The molecule has 0 N–H and O–H groups in total. The van der Waals surface area contributed by atoms with Crippen molar-refractivity contribution in [3.8, 4) is 0 Å². The van der Waals surface area contributed by atoms with Crippen LogP contribution in [0, 0.1) is 5.92 Å². The average molecular weight is 335 g/mol. The van der Waals surface area contributed by atoms with E-state index in [9.17, 15) is 0 Å². The van der Waals surface area contributed by atoms with Gasteiger partial charge in [-0.05, 0) is 48.3 Å². The zero-order chi connectivity index (χ0) is 15.9. The SMILES string of the molecule is c1ccc2sc(CN3CCc4cnc(CC5CC5)nc4C3)cc2c1. The van der Waals surface area contributed by atoms with Crippen molar-refractivity contribution in [2.75, 3.05) is 6.54 Å². The van der Waals surface area contributed by atoms with E-state index in [4.69, 9.17) is 4.98 Å². The molecule has 0 radical (unpaired) electrons. The number of rotatable bonds is 4. The molecule has 2 aliphatic rings. The Balaban J connectivity index is 1.33. The van der Waals surface area contributed by atoms with Crippen LogP contribution in [0.5, 0.6) is 0 Å². The summed E-state index contributed by atoms with van der Waals surface area (Å²) in [6.45, 7) is 3.09. The van der Waals surface area contributed by atoms with Crippen LogP contribution in [0.2, 0.25) is 0 Å². The molecule has 3 aromatic rings. The smallest absolute Gasteiger partial charge is 0.128 e. The van der Waals surface area contributed by atoms with Gasteiger partial charge in [-0.1, -0.05) is 18.2 Å². The Labute approximate surface area is 146 Å². The molecule has 1 aliphatic heterocycles. The second kappa shape index (κ2) is 5.94. The zero-order valence-electron chi connectivity index (χ0n) is 13.7. The first-order valence-electron chi connectivity index (χ1n) is 8.87. The molecule has 122 valence electrons. The van der Waals surface area contributed by atoms with Crippen molar-refractivity contribution >= 4 is 21.4 Å². The average Bonchev–Trinajstić information content (AvgIpc) is 3.31. The quantitative estimate of drug-likeness (QED) is 0.715. The van der Waals surface area contributed by atoms with Crippen LogP contribution in [0.15, 0.2) is 36.5 Å². The molecule has 1 aromatic carbocycles. The minimum atomic E-state index is 0.848. The van der Waals surface area contributed by atoms with E-state index in [1.807, 2.05) is 11.3 Å². The van der Waals surface area contributed by atoms with E-state index in [1.165, 1.54) is 39.1 Å². The third kappa shape index (κ3) is 2.96. The molecule has 3 nitrogen and oxygen atoms in total. The van der Waals surface area contributed by atoms with Gasteiger partial charge >= 0.3 is 0 Å². The Morgan fingerprint density at radius 2 is 2.12 bits per heavy atom. The molecule has 2 aromatic heterocycles. The lowest BCUT2D eigenvalue weighted by Crippen LogP contribution is -2.31. The Hall–Kier alpha value is -1.78. The molecule has 0 bridgehead atoms. The first-order chi connectivity index (χ1) is 11.8. The lowest BCUT2D eigenvalue weighted by molar-refractivity contribution is 0.243. The van der Waals surface area contributed by atoms with Crippen LogP contribution in [-0.2, 0) is 25.9 Å². The van der Waals surface area contributed by atoms with E-state index in [0.717, 1.165) is 44.2 Å². The third-order valence-corrected chi connectivity index (χ3v) is 6.20. The summed E-state index contributed by atoms with van der Waals surface area (Å²) >= 11 is 1.92. The van der Waals surface area contributed by atoms with Gasteiger partial charge in [-0.3, -0.25) is 4.90 Å². The van der Waals surface area contributed by atoms with E-state index >= 15 is 0 Å². The minimum absolute atomic E-state index is 0.848. The maximum Gasteiger partial charge on any atom is 0.128 e. The monoisotopic (exact) mass is 335 g/mol. The Morgan fingerprint density at radius 3 is 3.00 bits per heavy atom. The summed E-state index contributed by atoms with van der Waals surface area (Å²) in [7, 11) is 0. The predicted octanol–water partition coefficient (Wildman–Crippen LogP) is 4.20. The van der Waals surface area contributed by atoms with Crippen LogP contribution >= 0.6 is 11.3 Å². The molecule has 0 amide bonds. The molecule has 0 atom stereocenters. The molecule has 1 saturated carbocycles. The molecular weight excluding hydrogens is 314 g/mol. The predicted molar refractivity (Wildman–Crippen MR) is 98.1 cm³/mol. The van der Waals surface area contributed by atoms with Gasteiger partial charge in [0, 0.05) is 41.8 Å². The molecule has 0 saturated heterocycles. The van der Waals surface area contributed by atoms with Crippen LogP contribution < -0.4 is 0 Å². The number of benzene rings is 1. The van der Waals surface area contributed by atoms with Crippen LogP contribution in [0.25, 0.3) is 10.1 Å². The van der Waals surface area contributed by atoms with Crippen molar-refractivity contribution in [1.82, 2.24) is 14.9 Å². The fraction of sp³-hybridized carbons (Fsp3) is 0.400. The van der Waals surface area contributed by atoms with Crippen molar-refractivity contribution in [2.24, 2.45) is 5.92 Å². The van der Waals surface area contributed by atoms with Gasteiger partial charge in [-0.2, -0.15) is 0 Å². The highest BCUT2D eigenvalue weighted by atomic mass is 32.1. The summed E-state index contributed by atoms with van der Waals surface area (Å²) < 4.78 is 1.39. The van der Waals surface area contributed by atoms with Crippen molar-refractivity contribution in [1.29, 1.82) is 0 Å². The molecule has 0 unspecified atom stereocenters. The summed E-state index contributed by atoms with van der Waals surface area (Å²) in [6, 6.07) is 11.0. The third-order valence-electron chi connectivity index (χ3n) is 5.10. The van der Waals surface area contributed by atoms with Crippen LogP contribution in [-0.4, -0.2) is 21.4 Å². The number of fused-ring (bicyclic) bond motifs is 2. The van der Waals surface area contributed by atoms with Gasteiger partial charge in [0.2, 0.25) is 0 Å². The standard InChI is InChI=1S/C20H21N3S/c1-2-4-19-15(3-1)10-17(24-19)12-23-8-7-16-11-21-20(9-14-5-6-14)22-18(16)13-23/h1-4,10-11,14H,5-9,12-13H2. The van der Waals surface area contributed by atoms with E-state index in [0.29, 0.717) is 0 Å². The number of hydrogen-bond acceptors (Lipinski definition) is 4. The second-order valence-electron chi connectivity index (χ2n) is 7.12. The first kappa shape index (κ1) is 14.6. The summed E-state index contributed by atoms with van der Waals surface area (Å²) in [5.41, 5.74) is 2.61. The maximum absolute atomic E-state index is 4.88. The zero-order valence-corrected chi connectivity index (χ0v) is 14.6. The fourth-order valence-corrected chi connectivity index (χ4v) is 4.65. The maximum atomic E-state index is 4.88. The summed E-state index contributed by atoms with van der Waals surface area (Å²) in [5.74, 6) is 1.90. The fourth-order valence-electron chi connectivity index (χ4n) is 3.55. The van der Waals surface area contributed by atoms with Gasteiger partial charge in [-0.15, -0.1) is 11.3 Å². The van der Waals surface area contributed by atoms with Gasteiger partial charge in [0.15, 0.2) is 0 Å². The van der Waals surface area contributed by atoms with Gasteiger partial charge in [-0.25, -0.2) is 9.97 Å². The molecule has 3 heterocycles. The lowest BCUT2D eigenvalue weighted by Gasteiger charge is -2.27. The molecule has 24 heavy (non-hydrogen) atoms. The summed E-state index contributed by atoms with van der Waals surface area (Å²) in [6.07, 6.45) is 6.95. The Kier molecular flexibility index (Phi) is 3.60. The van der Waals surface area contributed by atoms with Crippen LogP contribution in [0.4, 0.5) is 0 Å². The van der Waals surface area contributed by atoms with Gasteiger partial charge in [0.25, 0.3) is 0 Å². The molecule has 1 aliphatic carbocycles. The van der Waals surface area contributed by atoms with Crippen molar-refractivity contribution in [3.63, 3.8) is 0 Å². The summed E-state index contributed by atoms with van der Waals surface area (Å²) in [5, 5.41) is 1.36. The molecule has 1 fully saturated rings. The van der Waals surface area contributed by atoms with E-state index in [-0.39, 0.29) is 0 Å². The van der Waals surface area contributed by atoms with Crippen LogP contribution in [0.3, 0.4) is 0 Å². The topological polar surface area (TPSA) is 29.0 Å². The minimum Gasteiger partial charge on any atom is -0.292 e. The first-order valence-corrected chi connectivity index (χ1v) is 9.68. The summed E-state index contributed by atoms with van der Waals surface area (Å²) in [4.78, 5) is 13.4. The Bertz CT molecular complexity index is 848. The lowest BCUT2D eigenvalue weighted by atomic mass is 10.1. The van der Waals surface area contributed by atoms with E-state index in [2.05, 4.69) is 46.4 Å². The Morgan fingerprint density at radius 1 is 1.21 bits per heavy atom. The highest BCUT2D eigenvalue weighted by Gasteiger charge is 2.24. The highest BCUT2D eigenvalue weighted by molar-refractivity contribution is 7.19. The molecule has 4 heteroatoms. The largest absolute Gasteiger partial charge is 0.292 e. The normalized spacial score (nSPS) is 18.0. The van der Waals surface area contributed by atoms with Gasteiger partial charge in [0.05, 0.1) is 5.69 Å². The number of aromatic nitrogens is 2. The van der Waals surface area contributed by atoms with Crippen molar-refractivity contribution < 1.29 is 0 Å². The van der Waals surface area contributed by atoms with Crippen LogP contribution in [0.1, 0.15) is 34.8 Å². The van der Waals surface area contributed by atoms with Gasteiger partial charge in [0.1, 0.15) is 5.82 Å². The highest BCUT2D eigenvalue weighted by Crippen LogP contribution is 2.32. The van der Waals surface area contributed by atoms with E-state index in [1.54, 1.807) is 0 Å². The van der Waals surface area contributed by atoms with E-state index < -0.39 is 0 Å². The van der Waals surface area contributed by atoms with Crippen molar-refractivity contribution in [3.05, 3.63) is 58.5 Å². The number of thiophene rings is 1. The van der Waals surface area contributed by atoms with Gasteiger partial charge < -0.3 is 0 Å². The molecular formula is C20H21N3S. The molecule has 5 rings (SSSR count). The van der Waals surface area contributed by atoms with Crippen molar-refractivity contribution in [2.45, 2.75) is 38.8 Å². The second-order valence-corrected chi connectivity index (χ2v) is 8.29. The number of nitrogens with zero attached hydrogens (tertiary/aromatic N) is 3. The number of hydrogen-bond donors (Lipinski definition) is 0. The molecule has 0 spiro atoms.